The first-order valence-corrected chi connectivity index (χ1v) is 6.83. The van der Waals surface area contributed by atoms with Crippen molar-refractivity contribution in [1.82, 2.24) is 0 Å². The molecule has 2 rings (SSSR count). The van der Waals surface area contributed by atoms with E-state index in [0.29, 0.717) is 16.8 Å². The normalized spacial score (nSPS) is 23.9. The maximum atomic E-state index is 13.2. The van der Waals surface area contributed by atoms with E-state index in [2.05, 4.69) is 22.9 Å². The molecule has 0 heterocycles. The number of ketones is 1. The lowest BCUT2D eigenvalue weighted by Gasteiger charge is -2.13. The molecular formula is C14H16BrFO. The van der Waals surface area contributed by atoms with Gasteiger partial charge in [0.1, 0.15) is 11.6 Å². The molecule has 0 spiro atoms. The van der Waals surface area contributed by atoms with Crippen LogP contribution in [0.3, 0.4) is 0 Å². The van der Waals surface area contributed by atoms with Crippen molar-refractivity contribution in [3.63, 3.8) is 0 Å². The molecule has 3 heteroatoms. The van der Waals surface area contributed by atoms with Gasteiger partial charge in [-0.15, -0.1) is 0 Å². The Hall–Kier alpha value is -0.700. The van der Waals surface area contributed by atoms with Crippen LogP contribution in [0.5, 0.6) is 0 Å². The van der Waals surface area contributed by atoms with Crippen molar-refractivity contribution in [3.8, 4) is 0 Å². The summed E-state index contributed by atoms with van der Waals surface area (Å²) in [6, 6.07) is 4.68. The van der Waals surface area contributed by atoms with E-state index in [-0.39, 0.29) is 17.5 Å². The SMILES string of the molecule is CC1CCCC1C(=O)Cc1cc(F)cc(Br)c1. The number of benzene rings is 1. The van der Waals surface area contributed by atoms with Crippen molar-refractivity contribution in [2.24, 2.45) is 11.8 Å². The molecule has 1 saturated carbocycles. The van der Waals surface area contributed by atoms with Crippen molar-refractivity contribution in [3.05, 3.63) is 34.1 Å². The van der Waals surface area contributed by atoms with Crippen LogP contribution in [0.2, 0.25) is 0 Å². The number of hydrogen-bond donors (Lipinski definition) is 0. The third kappa shape index (κ3) is 3.15. The maximum Gasteiger partial charge on any atom is 0.140 e. The molecule has 1 fully saturated rings. The zero-order chi connectivity index (χ0) is 12.4. The van der Waals surface area contributed by atoms with E-state index in [1.54, 1.807) is 0 Å². The Kier molecular flexibility index (Phi) is 3.97. The van der Waals surface area contributed by atoms with Gasteiger partial charge in [-0.25, -0.2) is 4.39 Å². The molecule has 0 N–H and O–H groups in total. The number of hydrogen-bond acceptors (Lipinski definition) is 1. The molecule has 1 aliphatic rings. The zero-order valence-corrected chi connectivity index (χ0v) is 11.5. The van der Waals surface area contributed by atoms with Crippen molar-refractivity contribution in [1.29, 1.82) is 0 Å². The second kappa shape index (κ2) is 5.30. The molecule has 2 atom stereocenters. The van der Waals surface area contributed by atoms with E-state index in [0.717, 1.165) is 24.8 Å². The van der Waals surface area contributed by atoms with Crippen molar-refractivity contribution in [2.75, 3.05) is 0 Å². The van der Waals surface area contributed by atoms with Gasteiger partial charge in [-0.05, 0) is 42.5 Å². The Morgan fingerprint density at radius 2 is 2.18 bits per heavy atom. The minimum absolute atomic E-state index is 0.178. The van der Waals surface area contributed by atoms with Gasteiger partial charge in [0, 0.05) is 16.8 Å². The van der Waals surface area contributed by atoms with E-state index >= 15 is 0 Å². The van der Waals surface area contributed by atoms with Crippen LogP contribution in [-0.4, -0.2) is 5.78 Å². The topological polar surface area (TPSA) is 17.1 Å². The molecule has 1 aliphatic carbocycles. The van der Waals surface area contributed by atoms with Gasteiger partial charge in [0.05, 0.1) is 0 Å². The average Bonchev–Trinajstić information content (AvgIpc) is 2.62. The Balaban J connectivity index is 2.07. The Morgan fingerprint density at radius 3 is 2.76 bits per heavy atom. The first-order chi connectivity index (χ1) is 8.06. The van der Waals surface area contributed by atoms with Gasteiger partial charge in [-0.3, -0.25) is 4.79 Å². The van der Waals surface area contributed by atoms with Crippen LogP contribution < -0.4 is 0 Å². The fourth-order valence-corrected chi connectivity index (χ4v) is 3.18. The Labute approximate surface area is 110 Å². The smallest absolute Gasteiger partial charge is 0.140 e. The highest BCUT2D eigenvalue weighted by Crippen LogP contribution is 2.32. The van der Waals surface area contributed by atoms with Crippen LogP contribution in [0.25, 0.3) is 0 Å². The lowest BCUT2D eigenvalue weighted by molar-refractivity contribution is -0.123. The summed E-state index contributed by atoms with van der Waals surface area (Å²) in [6.45, 7) is 2.14. The highest BCUT2D eigenvalue weighted by atomic mass is 79.9. The summed E-state index contributed by atoms with van der Waals surface area (Å²) in [5.41, 5.74) is 0.765. The number of rotatable bonds is 3. The largest absolute Gasteiger partial charge is 0.299 e. The summed E-state index contributed by atoms with van der Waals surface area (Å²) in [4.78, 5) is 12.1. The fraction of sp³-hybridized carbons (Fsp3) is 0.500. The van der Waals surface area contributed by atoms with Crippen LogP contribution in [0.1, 0.15) is 31.7 Å². The van der Waals surface area contributed by atoms with E-state index < -0.39 is 0 Å². The second-order valence-electron chi connectivity index (χ2n) is 4.94. The Bertz CT molecular complexity index is 410. The van der Waals surface area contributed by atoms with Gasteiger partial charge >= 0.3 is 0 Å². The van der Waals surface area contributed by atoms with Crippen LogP contribution in [0.4, 0.5) is 4.39 Å². The van der Waals surface area contributed by atoms with E-state index in [9.17, 15) is 9.18 Å². The van der Waals surface area contributed by atoms with Crippen molar-refractivity contribution >= 4 is 21.7 Å². The van der Waals surface area contributed by atoms with Crippen LogP contribution in [0.15, 0.2) is 22.7 Å². The molecule has 1 aromatic rings. The van der Waals surface area contributed by atoms with Crippen LogP contribution in [-0.2, 0) is 11.2 Å². The summed E-state index contributed by atoms with van der Waals surface area (Å²) in [5, 5.41) is 0. The fourth-order valence-electron chi connectivity index (χ4n) is 2.67. The molecule has 0 aromatic heterocycles. The summed E-state index contributed by atoms with van der Waals surface area (Å²) in [7, 11) is 0. The third-order valence-corrected chi connectivity index (χ3v) is 4.03. The number of halogens is 2. The summed E-state index contributed by atoms with van der Waals surface area (Å²) in [6.07, 6.45) is 3.63. The minimum Gasteiger partial charge on any atom is -0.299 e. The summed E-state index contributed by atoms with van der Waals surface area (Å²) in [5.74, 6) is 0.630. The first kappa shape index (κ1) is 12.7. The predicted molar refractivity (Wildman–Crippen MR) is 69.3 cm³/mol. The zero-order valence-electron chi connectivity index (χ0n) is 9.88. The molecule has 1 nitrogen and oxygen atoms in total. The van der Waals surface area contributed by atoms with Gasteiger partial charge in [0.15, 0.2) is 0 Å². The molecule has 2 unspecified atom stereocenters. The van der Waals surface area contributed by atoms with Gasteiger partial charge in [-0.1, -0.05) is 29.3 Å². The molecule has 17 heavy (non-hydrogen) atoms. The molecule has 92 valence electrons. The second-order valence-corrected chi connectivity index (χ2v) is 5.85. The molecule has 0 radical (unpaired) electrons. The van der Waals surface area contributed by atoms with Crippen molar-refractivity contribution < 1.29 is 9.18 Å². The Morgan fingerprint density at radius 1 is 1.41 bits per heavy atom. The molecule has 0 bridgehead atoms. The lowest BCUT2D eigenvalue weighted by Crippen LogP contribution is -2.19. The van der Waals surface area contributed by atoms with Gasteiger partial charge < -0.3 is 0 Å². The average molecular weight is 299 g/mol. The first-order valence-electron chi connectivity index (χ1n) is 6.04. The molecule has 0 amide bonds. The highest BCUT2D eigenvalue weighted by molar-refractivity contribution is 9.10. The number of carbonyl (C=O) groups is 1. The van der Waals surface area contributed by atoms with Gasteiger partial charge in [-0.2, -0.15) is 0 Å². The summed E-state index contributed by atoms with van der Waals surface area (Å²) < 4.78 is 13.9. The molecule has 1 aromatic carbocycles. The summed E-state index contributed by atoms with van der Waals surface area (Å²) >= 11 is 3.25. The maximum absolute atomic E-state index is 13.2. The van der Waals surface area contributed by atoms with E-state index in [1.807, 2.05) is 6.07 Å². The molecule has 0 aliphatic heterocycles. The third-order valence-electron chi connectivity index (χ3n) is 3.58. The quantitative estimate of drug-likeness (QED) is 0.820. The highest BCUT2D eigenvalue weighted by Gasteiger charge is 2.29. The van der Waals surface area contributed by atoms with Crippen LogP contribution in [0, 0.1) is 17.7 Å². The lowest BCUT2D eigenvalue weighted by atomic mass is 9.90. The minimum atomic E-state index is -0.290. The van der Waals surface area contributed by atoms with E-state index in [4.69, 9.17) is 0 Å². The standard InChI is InChI=1S/C14H16BrFO/c1-9-3-2-4-13(9)14(17)7-10-5-11(15)8-12(16)6-10/h5-6,8-9,13H,2-4,7H2,1H3. The number of Topliss-reactive ketones (excluding diaryl/α,β-unsaturated/α-hetero) is 1. The predicted octanol–water partition coefficient (Wildman–Crippen LogP) is 4.14. The molecular weight excluding hydrogens is 283 g/mol. The molecule has 0 saturated heterocycles. The monoisotopic (exact) mass is 298 g/mol. The van der Waals surface area contributed by atoms with Crippen molar-refractivity contribution in [2.45, 2.75) is 32.6 Å². The van der Waals surface area contributed by atoms with Gasteiger partial charge in [0.25, 0.3) is 0 Å². The van der Waals surface area contributed by atoms with Gasteiger partial charge in [0.2, 0.25) is 0 Å². The van der Waals surface area contributed by atoms with Crippen LogP contribution >= 0.6 is 15.9 Å². The van der Waals surface area contributed by atoms with E-state index in [1.165, 1.54) is 12.1 Å². The number of carbonyl (C=O) groups excluding carboxylic acids is 1.